The van der Waals surface area contributed by atoms with Crippen molar-refractivity contribution in [2.24, 2.45) is 5.92 Å². The number of rotatable bonds is 7. The number of benzene rings is 1. The van der Waals surface area contributed by atoms with Gasteiger partial charge in [-0.25, -0.2) is 0 Å². The van der Waals surface area contributed by atoms with Gasteiger partial charge in [-0.2, -0.15) is 0 Å². The molecule has 0 saturated heterocycles. The van der Waals surface area contributed by atoms with Crippen LogP contribution in [0.4, 0.5) is 0 Å². The second-order valence-electron chi connectivity index (χ2n) is 5.21. The summed E-state index contributed by atoms with van der Waals surface area (Å²) in [5.74, 6) is 0.527. The van der Waals surface area contributed by atoms with Crippen molar-refractivity contribution in [1.82, 2.24) is 5.32 Å². The first-order valence-corrected chi connectivity index (χ1v) is 6.76. The summed E-state index contributed by atoms with van der Waals surface area (Å²) < 4.78 is 5.38. The van der Waals surface area contributed by atoms with Crippen molar-refractivity contribution in [2.45, 2.75) is 25.9 Å². The molecule has 1 amide bonds. The molecule has 4 heteroatoms. The van der Waals surface area contributed by atoms with Crippen LogP contribution in [-0.4, -0.2) is 36.9 Å². The predicted octanol–water partition coefficient (Wildman–Crippen LogP) is 1.51. The first kappa shape index (κ1) is 14.0. The highest BCUT2D eigenvalue weighted by atomic mass is 16.5. The Bertz CT molecular complexity index is 429. The maximum Gasteiger partial charge on any atom is 0.251 e. The second kappa shape index (κ2) is 6.68. The average Bonchev–Trinajstić information content (AvgIpc) is 3.20. The number of hydrogen-bond acceptors (Lipinski definition) is 3. The third-order valence-electron chi connectivity index (χ3n) is 3.14. The number of aliphatic hydroxyl groups excluding tert-OH is 1. The van der Waals surface area contributed by atoms with Gasteiger partial charge in [-0.1, -0.05) is 17.7 Å². The molecule has 4 nitrogen and oxygen atoms in total. The summed E-state index contributed by atoms with van der Waals surface area (Å²) in [5, 5.41) is 12.4. The minimum absolute atomic E-state index is 0.162. The van der Waals surface area contributed by atoms with Gasteiger partial charge >= 0.3 is 0 Å². The standard InChI is InChI=1S/C15H21NO3/c1-11-3-2-4-13(7-11)15(18)16-8-14(17)10-19-9-12-5-6-12/h2-4,7,12,14,17H,5-6,8-10H2,1H3,(H,16,18). The molecule has 1 aromatic rings. The van der Waals surface area contributed by atoms with E-state index in [1.54, 1.807) is 6.07 Å². The fourth-order valence-corrected chi connectivity index (χ4v) is 1.81. The van der Waals surface area contributed by atoms with Crippen LogP contribution in [0.1, 0.15) is 28.8 Å². The van der Waals surface area contributed by atoms with Crippen molar-refractivity contribution < 1.29 is 14.6 Å². The molecular weight excluding hydrogens is 242 g/mol. The predicted molar refractivity (Wildman–Crippen MR) is 73.1 cm³/mol. The van der Waals surface area contributed by atoms with Crippen molar-refractivity contribution >= 4 is 5.91 Å². The molecule has 1 aromatic carbocycles. The number of aryl methyl sites for hydroxylation is 1. The van der Waals surface area contributed by atoms with Gasteiger partial charge in [0.25, 0.3) is 5.91 Å². The zero-order valence-electron chi connectivity index (χ0n) is 11.3. The third-order valence-corrected chi connectivity index (χ3v) is 3.14. The Morgan fingerprint density at radius 1 is 1.53 bits per heavy atom. The minimum Gasteiger partial charge on any atom is -0.389 e. The molecule has 0 aromatic heterocycles. The summed E-state index contributed by atoms with van der Waals surface area (Å²) in [6.07, 6.45) is 1.83. The van der Waals surface area contributed by atoms with E-state index in [0.717, 1.165) is 12.2 Å². The monoisotopic (exact) mass is 263 g/mol. The van der Waals surface area contributed by atoms with Gasteiger partial charge in [-0.3, -0.25) is 4.79 Å². The molecule has 0 heterocycles. The lowest BCUT2D eigenvalue weighted by atomic mass is 10.1. The largest absolute Gasteiger partial charge is 0.389 e. The molecule has 2 rings (SSSR count). The highest BCUT2D eigenvalue weighted by Gasteiger charge is 2.21. The summed E-state index contributed by atoms with van der Waals surface area (Å²) in [4.78, 5) is 11.8. The Labute approximate surface area is 113 Å². The van der Waals surface area contributed by atoms with Gasteiger partial charge in [0.15, 0.2) is 0 Å². The van der Waals surface area contributed by atoms with Crippen LogP contribution in [-0.2, 0) is 4.74 Å². The lowest BCUT2D eigenvalue weighted by Crippen LogP contribution is -2.34. The number of nitrogens with one attached hydrogen (secondary N) is 1. The summed E-state index contributed by atoms with van der Waals surface area (Å²) in [6, 6.07) is 7.38. The quantitative estimate of drug-likeness (QED) is 0.784. The van der Waals surface area contributed by atoms with Crippen LogP contribution in [0.3, 0.4) is 0 Å². The molecule has 0 radical (unpaired) electrons. The molecule has 1 aliphatic carbocycles. The number of amides is 1. The van der Waals surface area contributed by atoms with Crippen LogP contribution in [0, 0.1) is 12.8 Å². The third kappa shape index (κ3) is 5.01. The Morgan fingerprint density at radius 3 is 3.00 bits per heavy atom. The molecule has 0 spiro atoms. The van der Waals surface area contributed by atoms with E-state index < -0.39 is 6.10 Å². The molecule has 1 aliphatic rings. The van der Waals surface area contributed by atoms with E-state index in [4.69, 9.17) is 4.74 Å². The first-order chi connectivity index (χ1) is 9.15. The van der Waals surface area contributed by atoms with E-state index in [-0.39, 0.29) is 19.1 Å². The molecule has 104 valence electrons. The van der Waals surface area contributed by atoms with Crippen LogP contribution in [0.15, 0.2) is 24.3 Å². The molecule has 1 unspecified atom stereocenters. The highest BCUT2D eigenvalue weighted by molar-refractivity contribution is 5.94. The van der Waals surface area contributed by atoms with E-state index in [0.29, 0.717) is 11.5 Å². The first-order valence-electron chi connectivity index (χ1n) is 6.76. The van der Waals surface area contributed by atoms with Gasteiger partial charge in [0.05, 0.1) is 12.7 Å². The SMILES string of the molecule is Cc1cccc(C(=O)NCC(O)COCC2CC2)c1. The van der Waals surface area contributed by atoms with Gasteiger partial charge in [0, 0.05) is 18.7 Å². The maximum atomic E-state index is 11.8. The van der Waals surface area contributed by atoms with Crippen molar-refractivity contribution in [1.29, 1.82) is 0 Å². The summed E-state index contributed by atoms with van der Waals surface area (Å²) in [7, 11) is 0. The van der Waals surface area contributed by atoms with Gasteiger partial charge in [0.1, 0.15) is 0 Å². The van der Waals surface area contributed by atoms with Gasteiger partial charge in [-0.15, -0.1) is 0 Å². The van der Waals surface area contributed by atoms with Crippen molar-refractivity contribution in [2.75, 3.05) is 19.8 Å². The molecule has 0 bridgehead atoms. The van der Waals surface area contributed by atoms with E-state index in [2.05, 4.69) is 5.32 Å². The molecule has 1 fully saturated rings. The molecular formula is C15H21NO3. The fraction of sp³-hybridized carbons (Fsp3) is 0.533. The summed E-state index contributed by atoms with van der Waals surface area (Å²) in [5.41, 5.74) is 1.66. The number of ether oxygens (including phenoxy) is 1. The van der Waals surface area contributed by atoms with Crippen LogP contribution >= 0.6 is 0 Å². The van der Waals surface area contributed by atoms with Crippen LogP contribution in [0.25, 0.3) is 0 Å². The summed E-state index contributed by atoms with van der Waals surface area (Å²) >= 11 is 0. The van der Waals surface area contributed by atoms with Gasteiger partial charge in [0.2, 0.25) is 0 Å². The Hall–Kier alpha value is -1.39. The van der Waals surface area contributed by atoms with Crippen molar-refractivity contribution in [3.05, 3.63) is 35.4 Å². The van der Waals surface area contributed by atoms with E-state index in [1.807, 2.05) is 25.1 Å². The zero-order chi connectivity index (χ0) is 13.7. The Balaban J connectivity index is 1.67. The van der Waals surface area contributed by atoms with E-state index >= 15 is 0 Å². The number of carbonyl (C=O) groups is 1. The van der Waals surface area contributed by atoms with Crippen molar-refractivity contribution in [3.63, 3.8) is 0 Å². The normalized spacial score (nSPS) is 16.1. The minimum atomic E-state index is -0.646. The fourth-order valence-electron chi connectivity index (χ4n) is 1.81. The number of hydrogen-bond donors (Lipinski definition) is 2. The van der Waals surface area contributed by atoms with Crippen LogP contribution < -0.4 is 5.32 Å². The molecule has 0 aliphatic heterocycles. The molecule has 1 atom stereocenters. The van der Waals surface area contributed by atoms with Gasteiger partial charge in [-0.05, 0) is 37.8 Å². The lowest BCUT2D eigenvalue weighted by molar-refractivity contribution is 0.0320. The Kier molecular flexibility index (Phi) is 4.93. The second-order valence-corrected chi connectivity index (χ2v) is 5.21. The van der Waals surface area contributed by atoms with Gasteiger partial charge < -0.3 is 15.2 Å². The lowest BCUT2D eigenvalue weighted by Gasteiger charge is -2.12. The van der Waals surface area contributed by atoms with Crippen molar-refractivity contribution in [3.8, 4) is 0 Å². The van der Waals surface area contributed by atoms with Crippen LogP contribution in [0.5, 0.6) is 0 Å². The average molecular weight is 263 g/mol. The highest BCUT2D eigenvalue weighted by Crippen LogP contribution is 2.28. The topological polar surface area (TPSA) is 58.6 Å². The van der Waals surface area contributed by atoms with E-state index in [1.165, 1.54) is 12.8 Å². The molecule has 1 saturated carbocycles. The number of carbonyl (C=O) groups excluding carboxylic acids is 1. The number of aliphatic hydroxyl groups is 1. The molecule has 19 heavy (non-hydrogen) atoms. The van der Waals surface area contributed by atoms with Crippen LogP contribution in [0.2, 0.25) is 0 Å². The zero-order valence-corrected chi connectivity index (χ0v) is 11.3. The summed E-state index contributed by atoms with van der Waals surface area (Å²) in [6.45, 7) is 3.17. The Morgan fingerprint density at radius 2 is 2.32 bits per heavy atom. The molecule has 2 N–H and O–H groups in total. The smallest absolute Gasteiger partial charge is 0.251 e. The van der Waals surface area contributed by atoms with E-state index in [9.17, 15) is 9.90 Å². The maximum absolute atomic E-state index is 11.8.